The monoisotopic (exact) mass is 294 g/mol. The molecule has 1 heterocycles. The normalized spacial score (nSPS) is 25.4. The summed E-state index contributed by atoms with van der Waals surface area (Å²) in [6, 6.07) is 0. The van der Waals surface area contributed by atoms with Crippen molar-refractivity contribution in [1.82, 2.24) is 9.97 Å². The summed E-state index contributed by atoms with van der Waals surface area (Å²) < 4.78 is 5.34. The van der Waals surface area contributed by atoms with Gasteiger partial charge in [-0.15, -0.1) is 0 Å². The Morgan fingerprint density at radius 2 is 2.00 bits per heavy atom. The van der Waals surface area contributed by atoms with Crippen LogP contribution in [0.1, 0.15) is 39.0 Å². The Morgan fingerprint density at radius 1 is 1.33 bits per heavy atom. The van der Waals surface area contributed by atoms with Crippen molar-refractivity contribution < 1.29 is 9.84 Å². The average molecular weight is 294 g/mol. The molecule has 0 aliphatic heterocycles. The van der Waals surface area contributed by atoms with Gasteiger partial charge in [-0.05, 0) is 31.6 Å². The summed E-state index contributed by atoms with van der Waals surface area (Å²) in [7, 11) is 3.38. The van der Waals surface area contributed by atoms with Gasteiger partial charge in [0.25, 0.3) is 0 Å². The third-order valence-electron chi connectivity index (χ3n) is 4.44. The highest BCUT2D eigenvalue weighted by molar-refractivity contribution is 5.63. The topological polar surface area (TPSA) is 79.3 Å². The molecule has 21 heavy (non-hydrogen) atoms. The summed E-state index contributed by atoms with van der Waals surface area (Å²) in [4.78, 5) is 8.32. The molecule has 0 unspecified atom stereocenters. The molecule has 1 aliphatic rings. The van der Waals surface area contributed by atoms with Gasteiger partial charge in [-0.3, -0.25) is 0 Å². The van der Waals surface area contributed by atoms with Gasteiger partial charge >= 0.3 is 0 Å². The number of aliphatic hydroxyl groups is 1. The number of rotatable bonds is 6. The zero-order valence-electron chi connectivity index (χ0n) is 13.1. The van der Waals surface area contributed by atoms with Crippen molar-refractivity contribution in [3.05, 3.63) is 6.33 Å². The van der Waals surface area contributed by atoms with E-state index in [4.69, 9.17) is 4.74 Å². The lowest BCUT2D eigenvalue weighted by Gasteiger charge is -2.36. The number of hydrogen-bond acceptors (Lipinski definition) is 6. The fraction of sp³-hybridized carbons (Fsp3) is 0.733. The van der Waals surface area contributed by atoms with Gasteiger partial charge in [-0.1, -0.05) is 13.3 Å². The van der Waals surface area contributed by atoms with E-state index in [1.165, 1.54) is 12.7 Å². The molecular formula is C15H26N4O2. The summed E-state index contributed by atoms with van der Waals surface area (Å²) in [5, 5.41) is 16.9. The molecule has 1 aromatic rings. The summed E-state index contributed by atoms with van der Waals surface area (Å²) in [6.45, 7) is 2.71. The van der Waals surface area contributed by atoms with E-state index in [9.17, 15) is 5.11 Å². The summed E-state index contributed by atoms with van der Waals surface area (Å²) >= 11 is 0. The molecule has 1 aliphatic carbocycles. The van der Waals surface area contributed by atoms with Gasteiger partial charge < -0.3 is 20.5 Å². The molecule has 6 heteroatoms. The van der Waals surface area contributed by atoms with E-state index in [0.717, 1.165) is 31.6 Å². The number of hydrogen-bond donors (Lipinski definition) is 3. The molecule has 118 valence electrons. The lowest BCUT2D eigenvalue weighted by molar-refractivity contribution is 0.00220. The molecule has 1 fully saturated rings. The summed E-state index contributed by atoms with van der Waals surface area (Å²) in [5.74, 6) is 2.58. The maximum atomic E-state index is 10.7. The van der Waals surface area contributed by atoms with E-state index in [1.807, 2.05) is 0 Å². The predicted octanol–water partition coefficient (Wildman–Crippen LogP) is 2.27. The first-order chi connectivity index (χ1) is 10.1. The van der Waals surface area contributed by atoms with Crippen LogP contribution in [0.4, 0.5) is 11.6 Å². The average Bonchev–Trinajstić information content (AvgIpc) is 2.53. The number of aromatic nitrogens is 2. The van der Waals surface area contributed by atoms with Crippen LogP contribution in [-0.2, 0) is 0 Å². The van der Waals surface area contributed by atoms with Gasteiger partial charge in [0.15, 0.2) is 11.6 Å². The fourth-order valence-electron chi connectivity index (χ4n) is 2.92. The maximum absolute atomic E-state index is 10.7. The van der Waals surface area contributed by atoms with E-state index in [2.05, 4.69) is 27.5 Å². The molecule has 0 aromatic carbocycles. The Balaban J connectivity index is 2.00. The number of nitrogens with zero attached hydrogens (tertiary/aromatic N) is 2. The standard InChI is InChI=1S/C15H26N4O2/c1-4-11-5-7-15(20,8-6-11)9-17-14-12(21-3)13(16-2)18-10-19-14/h10-11,20H,4-9H2,1-3H3,(H2,16,17,18,19). The largest absolute Gasteiger partial charge is 0.490 e. The Hall–Kier alpha value is -1.56. The van der Waals surface area contributed by atoms with Gasteiger partial charge in [-0.2, -0.15) is 0 Å². The van der Waals surface area contributed by atoms with Gasteiger partial charge in [0, 0.05) is 13.6 Å². The van der Waals surface area contributed by atoms with E-state index < -0.39 is 5.60 Å². The van der Waals surface area contributed by atoms with E-state index in [1.54, 1.807) is 14.2 Å². The molecule has 0 atom stereocenters. The lowest BCUT2D eigenvalue weighted by atomic mass is 9.78. The van der Waals surface area contributed by atoms with Crippen molar-refractivity contribution in [3.8, 4) is 5.75 Å². The first kappa shape index (κ1) is 15.8. The SMILES string of the molecule is CCC1CCC(O)(CNc2ncnc(NC)c2OC)CC1. The second-order valence-corrected chi connectivity index (χ2v) is 5.78. The van der Waals surface area contributed by atoms with Crippen LogP contribution < -0.4 is 15.4 Å². The maximum Gasteiger partial charge on any atom is 0.204 e. The van der Waals surface area contributed by atoms with Crippen LogP contribution in [0.2, 0.25) is 0 Å². The molecule has 1 saturated carbocycles. The molecule has 0 spiro atoms. The second kappa shape index (κ2) is 6.93. The summed E-state index contributed by atoms with van der Waals surface area (Å²) in [6.07, 6.45) is 6.55. The van der Waals surface area contributed by atoms with E-state index >= 15 is 0 Å². The molecule has 0 amide bonds. The van der Waals surface area contributed by atoms with Crippen molar-refractivity contribution in [2.75, 3.05) is 31.3 Å². The van der Waals surface area contributed by atoms with Crippen LogP contribution in [0.3, 0.4) is 0 Å². The lowest BCUT2D eigenvalue weighted by Crippen LogP contribution is -2.40. The van der Waals surface area contributed by atoms with Gasteiger partial charge in [0.2, 0.25) is 5.75 Å². The molecule has 0 radical (unpaired) electrons. The van der Waals surface area contributed by atoms with Crippen LogP contribution in [-0.4, -0.2) is 41.4 Å². The minimum absolute atomic E-state index is 0.486. The first-order valence-corrected chi connectivity index (χ1v) is 7.65. The van der Waals surface area contributed by atoms with Gasteiger partial charge in [0.1, 0.15) is 6.33 Å². The highest BCUT2D eigenvalue weighted by Crippen LogP contribution is 2.35. The Labute approximate surface area is 126 Å². The third kappa shape index (κ3) is 3.75. The van der Waals surface area contributed by atoms with Crippen molar-refractivity contribution in [2.45, 2.75) is 44.6 Å². The Kier molecular flexibility index (Phi) is 5.22. The molecule has 1 aromatic heterocycles. The Morgan fingerprint density at radius 3 is 2.57 bits per heavy atom. The molecule has 3 N–H and O–H groups in total. The number of methoxy groups -OCH3 is 1. The fourth-order valence-corrected chi connectivity index (χ4v) is 2.92. The number of ether oxygens (including phenoxy) is 1. The van der Waals surface area contributed by atoms with Crippen molar-refractivity contribution in [2.24, 2.45) is 5.92 Å². The number of anilines is 2. The third-order valence-corrected chi connectivity index (χ3v) is 4.44. The minimum Gasteiger partial charge on any atom is -0.490 e. The zero-order valence-corrected chi connectivity index (χ0v) is 13.1. The highest BCUT2D eigenvalue weighted by Gasteiger charge is 2.32. The second-order valence-electron chi connectivity index (χ2n) is 5.78. The van der Waals surface area contributed by atoms with Crippen molar-refractivity contribution in [3.63, 3.8) is 0 Å². The quantitative estimate of drug-likeness (QED) is 0.747. The number of nitrogens with one attached hydrogen (secondary N) is 2. The molecule has 6 nitrogen and oxygen atoms in total. The van der Waals surface area contributed by atoms with Crippen LogP contribution in [0.5, 0.6) is 5.75 Å². The summed E-state index contributed by atoms with van der Waals surface area (Å²) in [5.41, 5.74) is -0.651. The molecule has 0 bridgehead atoms. The smallest absolute Gasteiger partial charge is 0.204 e. The molecule has 2 rings (SSSR count). The van der Waals surface area contributed by atoms with E-state index in [-0.39, 0.29) is 0 Å². The highest BCUT2D eigenvalue weighted by atomic mass is 16.5. The first-order valence-electron chi connectivity index (χ1n) is 7.65. The predicted molar refractivity (Wildman–Crippen MR) is 83.8 cm³/mol. The van der Waals surface area contributed by atoms with Gasteiger partial charge in [-0.25, -0.2) is 9.97 Å². The van der Waals surface area contributed by atoms with Crippen LogP contribution in [0.15, 0.2) is 6.33 Å². The van der Waals surface area contributed by atoms with Crippen molar-refractivity contribution >= 4 is 11.6 Å². The van der Waals surface area contributed by atoms with Crippen LogP contribution in [0.25, 0.3) is 0 Å². The van der Waals surface area contributed by atoms with Crippen molar-refractivity contribution in [1.29, 1.82) is 0 Å². The molecular weight excluding hydrogens is 268 g/mol. The van der Waals surface area contributed by atoms with Crippen LogP contribution in [0, 0.1) is 5.92 Å². The van der Waals surface area contributed by atoms with E-state index in [0.29, 0.717) is 23.9 Å². The van der Waals surface area contributed by atoms with Crippen LogP contribution >= 0.6 is 0 Å². The zero-order chi connectivity index (χ0) is 15.3. The Bertz CT molecular complexity index is 459. The van der Waals surface area contributed by atoms with Gasteiger partial charge in [0.05, 0.1) is 12.7 Å². The molecule has 0 saturated heterocycles. The minimum atomic E-state index is -0.651.